The van der Waals surface area contributed by atoms with Crippen molar-refractivity contribution in [1.82, 2.24) is 9.88 Å². The highest BCUT2D eigenvalue weighted by Gasteiger charge is 2.22. The molecule has 0 aliphatic carbocycles. The fourth-order valence-corrected chi connectivity index (χ4v) is 3.77. The number of aromatic nitrogens is 1. The molecule has 4 nitrogen and oxygen atoms in total. The molecule has 0 bridgehead atoms. The maximum absolute atomic E-state index is 12.3. The van der Waals surface area contributed by atoms with Gasteiger partial charge in [0.1, 0.15) is 11.1 Å². The second-order valence-electron chi connectivity index (χ2n) is 6.11. The van der Waals surface area contributed by atoms with Gasteiger partial charge in [0.2, 0.25) is 5.91 Å². The molecular weight excluding hydrogens is 294 g/mol. The first kappa shape index (κ1) is 16.8. The van der Waals surface area contributed by atoms with Crippen molar-refractivity contribution in [3.05, 3.63) is 22.4 Å². The number of pyridine rings is 1. The van der Waals surface area contributed by atoms with Gasteiger partial charge in [-0.2, -0.15) is 5.26 Å². The van der Waals surface area contributed by atoms with Crippen LogP contribution in [0.2, 0.25) is 0 Å². The zero-order chi connectivity index (χ0) is 16.3. The van der Waals surface area contributed by atoms with Crippen LogP contribution in [0.5, 0.6) is 0 Å². The summed E-state index contributed by atoms with van der Waals surface area (Å²) in [7, 11) is 0. The van der Waals surface area contributed by atoms with Crippen molar-refractivity contribution in [2.75, 3.05) is 18.8 Å². The number of thioether (sulfide) groups is 1. The number of hydrogen-bond donors (Lipinski definition) is 0. The summed E-state index contributed by atoms with van der Waals surface area (Å²) in [4.78, 5) is 18.8. The number of carbonyl (C=O) groups is 1. The monoisotopic (exact) mass is 317 g/mol. The summed E-state index contributed by atoms with van der Waals surface area (Å²) < 4.78 is 0. The van der Waals surface area contributed by atoms with Crippen LogP contribution in [-0.4, -0.2) is 34.6 Å². The van der Waals surface area contributed by atoms with E-state index < -0.39 is 0 Å². The molecule has 0 spiro atoms. The van der Waals surface area contributed by atoms with E-state index in [-0.39, 0.29) is 5.91 Å². The van der Waals surface area contributed by atoms with Gasteiger partial charge in [-0.1, -0.05) is 18.7 Å². The highest BCUT2D eigenvalue weighted by Crippen LogP contribution is 2.27. The molecule has 5 heteroatoms. The molecule has 1 aromatic heterocycles. The first-order valence-corrected chi connectivity index (χ1v) is 8.71. The van der Waals surface area contributed by atoms with Crippen LogP contribution in [0.15, 0.2) is 5.03 Å². The van der Waals surface area contributed by atoms with Crippen LogP contribution in [0.3, 0.4) is 0 Å². The number of aryl methyl sites for hydroxylation is 1. The maximum Gasteiger partial charge on any atom is 0.232 e. The van der Waals surface area contributed by atoms with Crippen molar-refractivity contribution < 1.29 is 4.79 Å². The van der Waals surface area contributed by atoms with Crippen molar-refractivity contribution >= 4 is 17.7 Å². The minimum atomic E-state index is 0.151. The summed E-state index contributed by atoms with van der Waals surface area (Å²) in [5, 5.41) is 10.0. The molecule has 2 heterocycles. The lowest BCUT2D eigenvalue weighted by Gasteiger charge is -2.30. The summed E-state index contributed by atoms with van der Waals surface area (Å²) in [5.74, 6) is 1.09. The molecule has 1 atom stereocenters. The van der Waals surface area contributed by atoms with Gasteiger partial charge in [0.15, 0.2) is 0 Å². The zero-order valence-electron chi connectivity index (χ0n) is 13.8. The Morgan fingerprint density at radius 3 is 2.77 bits per heavy atom. The van der Waals surface area contributed by atoms with Gasteiger partial charge in [-0.15, -0.1) is 0 Å². The second-order valence-corrected chi connectivity index (χ2v) is 7.08. The molecule has 0 N–H and O–H groups in total. The number of carbonyl (C=O) groups excluding carboxylic acids is 1. The van der Waals surface area contributed by atoms with E-state index in [9.17, 15) is 10.1 Å². The van der Waals surface area contributed by atoms with Crippen molar-refractivity contribution in [1.29, 1.82) is 5.26 Å². The van der Waals surface area contributed by atoms with Crippen LogP contribution in [0.4, 0.5) is 0 Å². The van der Waals surface area contributed by atoms with Crippen LogP contribution in [0, 0.1) is 38.0 Å². The number of nitrogens with zero attached hydrogens (tertiary/aromatic N) is 3. The van der Waals surface area contributed by atoms with Crippen LogP contribution in [0.25, 0.3) is 0 Å². The van der Waals surface area contributed by atoms with E-state index >= 15 is 0 Å². The lowest BCUT2D eigenvalue weighted by molar-refractivity contribution is -0.130. The van der Waals surface area contributed by atoms with Crippen LogP contribution in [-0.2, 0) is 4.79 Å². The van der Waals surface area contributed by atoms with Gasteiger partial charge in [-0.3, -0.25) is 4.79 Å². The topological polar surface area (TPSA) is 57.0 Å². The number of hydrogen-bond acceptors (Lipinski definition) is 4. The molecule has 118 valence electrons. The summed E-state index contributed by atoms with van der Waals surface area (Å²) in [6, 6.07) is 2.23. The maximum atomic E-state index is 12.3. The van der Waals surface area contributed by atoms with E-state index in [1.165, 1.54) is 18.2 Å². The summed E-state index contributed by atoms with van der Waals surface area (Å²) in [6.07, 6.45) is 2.29. The van der Waals surface area contributed by atoms with Crippen LogP contribution in [0.1, 0.15) is 42.1 Å². The Morgan fingerprint density at radius 2 is 2.14 bits per heavy atom. The third kappa shape index (κ3) is 3.61. The summed E-state index contributed by atoms with van der Waals surface area (Å²) >= 11 is 1.39. The van der Waals surface area contributed by atoms with Crippen molar-refractivity contribution in [3.63, 3.8) is 0 Å². The third-order valence-corrected chi connectivity index (χ3v) is 5.38. The average molecular weight is 317 g/mol. The Labute approximate surface area is 136 Å². The third-order valence-electron chi connectivity index (χ3n) is 4.42. The first-order valence-electron chi connectivity index (χ1n) is 7.72. The molecule has 0 aromatic carbocycles. The first-order chi connectivity index (χ1) is 10.4. The molecule has 0 radical (unpaired) electrons. The van der Waals surface area contributed by atoms with E-state index in [2.05, 4.69) is 18.0 Å². The Bertz CT molecular complexity index is 621. The molecule has 0 unspecified atom stereocenters. The van der Waals surface area contributed by atoms with Gasteiger partial charge < -0.3 is 4.90 Å². The van der Waals surface area contributed by atoms with Crippen LogP contribution < -0.4 is 0 Å². The van der Waals surface area contributed by atoms with Crippen molar-refractivity contribution in [3.8, 4) is 6.07 Å². The largest absolute Gasteiger partial charge is 0.342 e. The fourth-order valence-electron chi connectivity index (χ4n) is 2.78. The van der Waals surface area contributed by atoms with Crippen molar-refractivity contribution in [2.45, 2.75) is 45.6 Å². The molecule has 1 amide bonds. The molecule has 22 heavy (non-hydrogen) atoms. The van der Waals surface area contributed by atoms with Gasteiger partial charge >= 0.3 is 0 Å². The van der Waals surface area contributed by atoms with Gasteiger partial charge in [0.25, 0.3) is 0 Å². The van der Waals surface area contributed by atoms with Gasteiger partial charge in [-0.25, -0.2) is 4.98 Å². The Kier molecular flexibility index (Phi) is 5.47. The zero-order valence-corrected chi connectivity index (χ0v) is 14.6. The SMILES string of the molecule is Cc1nc(SCC(=O)N2CCC[C@@H](C)C2)c(C#N)c(C)c1C. The number of likely N-dealkylation sites (tertiary alicyclic amines) is 1. The van der Waals surface area contributed by atoms with E-state index in [1.54, 1.807) is 0 Å². The van der Waals surface area contributed by atoms with Crippen LogP contribution >= 0.6 is 11.8 Å². The molecular formula is C17H23N3OS. The fraction of sp³-hybridized carbons (Fsp3) is 0.588. The molecule has 1 aliphatic heterocycles. The van der Waals surface area contributed by atoms with Crippen molar-refractivity contribution in [2.24, 2.45) is 5.92 Å². The molecule has 1 saturated heterocycles. The Hall–Kier alpha value is -1.54. The van der Waals surface area contributed by atoms with E-state index in [0.717, 1.165) is 36.3 Å². The minimum Gasteiger partial charge on any atom is -0.342 e. The number of piperidine rings is 1. The molecule has 1 aromatic rings. The standard InChI is InChI=1S/C17H23N3OS/c1-11-6-5-7-20(9-11)16(21)10-22-17-15(8-18)13(3)12(2)14(4)19-17/h11H,5-7,9-10H2,1-4H3/t11-/m1/s1. The predicted octanol–water partition coefficient (Wildman–Crippen LogP) is 3.23. The quantitative estimate of drug-likeness (QED) is 0.803. The average Bonchev–Trinajstić information content (AvgIpc) is 2.50. The number of amides is 1. The summed E-state index contributed by atoms with van der Waals surface area (Å²) in [5.41, 5.74) is 3.56. The predicted molar refractivity (Wildman–Crippen MR) is 88.9 cm³/mol. The molecule has 1 aliphatic rings. The Balaban J connectivity index is 2.08. The lowest BCUT2D eigenvalue weighted by Crippen LogP contribution is -2.40. The molecule has 1 fully saturated rings. The molecule has 2 rings (SSSR count). The second kappa shape index (κ2) is 7.15. The number of nitriles is 1. The minimum absolute atomic E-state index is 0.151. The smallest absolute Gasteiger partial charge is 0.232 e. The highest BCUT2D eigenvalue weighted by molar-refractivity contribution is 8.00. The van der Waals surface area contributed by atoms with E-state index in [0.29, 0.717) is 22.3 Å². The van der Waals surface area contributed by atoms with Gasteiger partial charge in [-0.05, 0) is 50.7 Å². The highest BCUT2D eigenvalue weighted by atomic mass is 32.2. The van der Waals surface area contributed by atoms with Gasteiger partial charge in [0.05, 0.1) is 11.3 Å². The van der Waals surface area contributed by atoms with E-state index in [4.69, 9.17) is 0 Å². The summed E-state index contributed by atoms with van der Waals surface area (Å²) in [6.45, 7) is 9.77. The normalized spacial score (nSPS) is 18.1. The molecule has 0 saturated carbocycles. The van der Waals surface area contributed by atoms with Gasteiger partial charge in [0, 0.05) is 18.8 Å². The Morgan fingerprint density at radius 1 is 1.41 bits per heavy atom. The number of rotatable bonds is 3. The van der Waals surface area contributed by atoms with E-state index in [1.807, 2.05) is 25.7 Å². The lowest BCUT2D eigenvalue weighted by atomic mass is 10.0.